The van der Waals surface area contributed by atoms with Crippen molar-refractivity contribution in [2.45, 2.75) is 71.0 Å². The van der Waals surface area contributed by atoms with E-state index in [1.807, 2.05) is 0 Å². The molecular weight excluding hydrogens is 284 g/mol. The van der Waals surface area contributed by atoms with Crippen LogP contribution in [0.3, 0.4) is 0 Å². The minimum Gasteiger partial charge on any atom is -0.347 e. The lowest BCUT2D eigenvalue weighted by atomic mass is 9.45. The maximum absolute atomic E-state index is 6.25. The molecule has 0 aromatic rings. The molecule has 0 aromatic carbocycles. The Labute approximate surface area is 141 Å². The average Bonchev–Trinajstić information content (AvgIpc) is 3.14. The molecule has 2 heteroatoms. The van der Waals surface area contributed by atoms with E-state index < -0.39 is 0 Å². The number of fused-ring (bicyclic) bond motifs is 6. The van der Waals surface area contributed by atoms with Gasteiger partial charge in [0.2, 0.25) is 0 Å². The Bertz CT molecular complexity index is 520. The molecule has 0 amide bonds. The van der Waals surface area contributed by atoms with Gasteiger partial charge in [-0.1, -0.05) is 26.0 Å². The van der Waals surface area contributed by atoms with Gasteiger partial charge in [-0.2, -0.15) is 0 Å². The van der Waals surface area contributed by atoms with Crippen molar-refractivity contribution in [2.75, 3.05) is 13.2 Å². The van der Waals surface area contributed by atoms with Gasteiger partial charge >= 0.3 is 0 Å². The minimum absolute atomic E-state index is 0.229. The normalized spacial score (nSPS) is 53.8. The summed E-state index contributed by atoms with van der Waals surface area (Å²) < 4.78 is 12.5. The van der Waals surface area contributed by atoms with Gasteiger partial charge in [-0.25, -0.2) is 0 Å². The summed E-state index contributed by atoms with van der Waals surface area (Å²) in [6.45, 7) is 6.73. The van der Waals surface area contributed by atoms with Crippen molar-refractivity contribution in [3.8, 4) is 0 Å². The molecule has 23 heavy (non-hydrogen) atoms. The molecule has 1 spiro atoms. The molecule has 2 nitrogen and oxygen atoms in total. The third-order valence-corrected chi connectivity index (χ3v) is 9.01. The highest BCUT2D eigenvalue weighted by molar-refractivity contribution is 5.14. The highest BCUT2D eigenvalue weighted by atomic mass is 16.7. The van der Waals surface area contributed by atoms with Crippen LogP contribution >= 0.6 is 0 Å². The van der Waals surface area contributed by atoms with E-state index in [1.54, 1.807) is 0 Å². The van der Waals surface area contributed by atoms with Gasteiger partial charge in [-0.05, 0) is 74.0 Å². The topological polar surface area (TPSA) is 18.5 Å². The van der Waals surface area contributed by atoms with Crippen molar-refractivity contribution in [3.63, 3.8) is 0 Å². The first kappa shape index (κ1) is 15.0. The summed E-state index contributed by atoms with van der Waals surface area (Å²) in [6.07, 6.45) is 15.6. The van der Waals surface area contributed by atoms with Crippen LogP contribution in [0, 0.1) is 34.5 Å². The predicted molar refractivity (Wildman–Crippen MR) is 90.9 cm³/mol. The fourth-order valence-corrected chi connectivity index (χ4v) is 7.72. The molecule has 6 atom stereocenters. The van der Waals surface area contributed by atoms with Gasteiger partial charge in [0.1, 0.15) is 0 Å². The Hall–Kier alpha value is -0.340. The van der Waals surface area contributed by atoms with Crippen molar-refractivity contribution in [1.82, 2.24) is 0 Å². The Kier molecular flexibility index (Phi) is 3.15. The SMILES string of the molecule is C[C@]12CC=CC[C@@H]1CC[C@H]1[C@H]3CCC4(OCCO4)[C@@]3(C)CC[C@@H]12. The Balaban J connectivity index is 1.48. The van der Waals surface area contributed by atoms with Crippen LogP contribution in [0.2, 0.25) is 0 Å². The summed E-state index contributed by atoms with van der Waals surface area (Å²) in [5, 5.41) is 0. The van der Waals surface area contributed by atoms with E-state index >= 15 is 0 Å². The highest BCUT2D eigenvalue weighted by Gasteiger charge is 2.66. The van der Waals surface area contributed by atoms with Gasteiger partial charge in [0.15, 0.2) is 5.79 Å². The Morgan fingerprint density at radius 3 is 2.48 bits per heavy atom. The van der Waals surface area contributed by atoms with E-state index in [2.05, 4.69) is 26.0 Å². The summed E-state index contributed by atoms with van der Waals surface area (Å²) in [7, 11) is 0. The van der Waals surface area contributed by atoms with E-state index in [0.29, 0.717) is 5.41 Å². The molecule has 1 aliphatic heterocycles. The third kappa shape index (κ3) is 1.78. The van der Waals surface area contributed by atoms with E-state index in [0.717, 1.165) is 43.3 Å². The number of rotatable bonds is 0. The van der Waals surface area contributed by atoms with Crippen LogP contribution in [0.5, 0.6) is 0 Å². The van der Waals surface area contributed by atoms with E-state index in [4.69, 9.17) is 9.47 Å². The van der Waals surface area contributed by atoms with Gasteiger partial charge in [0.25, 0.3) is 0 Å². The number of hydrogen-bond acceptors (Lipinski definition) is 2. The zero-order chi connectivity index (χ0) is 15.7. The lowest BCUT2D eigenvalue weighted by Gasteiger charge is -2.60. The molecule has 0 unspecified atom stereocenters. The smallest absolute Gasteiger partial charge is 0.174 e. The van der Waals surface area contributed by atoms with E-state index in [1.165, 1.54) is 44.9 Å². The molecule has 0 bridgehead atoms. The molecule has 0 aromatic heterocycles. The molecule has 4 aliphatic carbocycles. The molecule has 3 saturated carbocycles. The van der Waals surface area contributed by atoms with Gasteiger partial charge in [0.05, 0.1) is 13.2 Å². The second kappa shape index (κ2) is 4.85. The van der Waals surface area contributed by atoms with Gasteiger partial charge in [-0.15, -0.1) is 0 Å². The van der Waals surface area contributed by atoms with Crippen LogP contribution in [0.4, 0.5) is 0 Å². The molecule has 4 fully saturated rings. The summed E-state index contributed by atoms with van der Waals surface area (Å²) in [6, 6.07) is 0. The largest absolute Gasteiger partial charge is 0.347 e. The maximum Gasteiger partial charge on any atom is 0.174 e. The van der Waals surface area contributed by atoms with Crippen LogP contribution in [0.25, 0.3) is 0 Å². The van der Waals surface area contributed by atoms with Crippen LogP contribution in [-0.4, -0.2) is 19.0 Å². The van der Waals surface area contributed by atoms with E-state index in [-0.39, 0.29) is 11.2 Å². The number of ether oxygens (including phenoxy) is 2. The molecule has 128 valence electrons. The standard InChI is InChI=1S/C21H32O2/c1-19-10-4-3-5-15(19)6-7-16-17(19)8-11-20(2)18(16)9-12-21(20)22-13-14-23-21/h3-4,15-18H,5-14H2,1-2H3/t15-,16-,17+,18-,19+,20+/m1/s1. The van der Waals surface area contributed by atoms with Gasteiger partial charge in [0, 0.05) is 11.8 Å². The Morgan fingerprint density at radius 2 is 1.65 bits per heavy atom. The van der Waals surface area contributed by atoms with Crippen molar-refractivity contribution in [1.29, 1.82) is 0 Å². The molecule has 1 saturated heterocycles. The molecular formula is C21H32O2. The third-order valence-electron chi connectivity index (χ3n) is 9.01. The first-order valence-corrected chi connectivity index (χ1v) is 10.0. The maximum atomic E-state index is 6.25. The highest BCUT2D eigenvalue weighted by Crippen LogP contribution is 2.69. The van der Waals surface area contributed by atoms with Crippen LogP contribution in [-0.2, 0) is 9.47 Å². The lowest BCUT2D eigenvalue weighted by Crippen LogP contribution is -2.56. The predicted octanol–water partition coefficient (Wildman–Crippen LogP) is 4.94. The summed E-state index contributed by atoms with van der Waals surface area (Å²) in [4.78, 5) is 0. The first-order chi connectivity index (χ1) is 11.1. The summed E-state index contributed by atoms with van der Waals surface area (Å²) >= 11 is 0. The van der Waals surface area contributed by atoms with Crippen molar-refractivity contribution < 1.29 is 9.47 Å². The number of allylic oxidation sites excluding steroid dienone is 2. The van der Waals surface area contributed by atoms with Gasteiger partial charge in [-0.3, -0.25) is 0 Å². The quantitative estimate of drug-likeness (QED) is 0.589. The van der Waals surface area contributed by atoms with Gasteiger partial charge < -0.3 is 9.47 Å². The van der Waals surface area contributed by atoms with Crippen molar-refractivity contribution in [2.24, 2.45) is 34.5 Å². The lowest BCUT2D eigenvalue weighted by molar-refractivity contribution is -0.246. The average molecular weight is 316 g/mol. The molecule has 5 aliphatic rings. The zero-order valence-corrected chi connectivity index (χ0v) is 14.9. The Morgan fingerprint density at radius 1 is 0.870 bits per heavy atom. The number of hydrogen-bond donors (Lipinski definition) is 0. The minimum atomic E-state index is -0.229. The fourth-order valence-electron chi connectivity index (χ4n) is 7.72. The van der Waals surface area contributed by atoms with Crippen LogP contribution in [0.15, 0.2) is 12.2 Å². The monoisotopic (exact) mass is 316 g/mol. The fraction of sp³-hybridized carbons (Fsp3) is 0.905. The second-order valence-corrected chi connectivity index (χ2v) is 9.51. The van der Waals surface area contributed by atoms with Crippen LogP contribution in [0.1, 0.15) is 65.2 Å². The zero-order valence-electron chi connectivity index (χ0n) is 14.9. The molecule has 0 radical (unpaired) electrons. The molecule has 0 N–H and O–H groups in total. The van der Waals surface area contributed by atoms with Crippen molar-refractivity contribution >= 4 is 0 Å². The molecule has 1 heterocycles. The van der Waals surface area contributed by atoms with E-state index in [9.17, 15) is 0 Å². The first-order valence-electron chi connectivity index (χ1n) is 10.0. The second-order valence-electron chi connectivity index (χ2n) is 9.51. The van der Waals surface area contributed by atoms with Crippen LogP contribution < -0.4 is 0 Å². The van der Waals surface area contributed by atoms with Crippen molar-refractivity contribution in [3.05, 3.63) is 12.2 Å². The molecule has 5 rings (SSSR count). The summed E-state index contributed by atoms with van der Waals surface area (Å²) in [5.41, 5.74) is 0.824. The summed E-state index contributed by atoms with van der Waals surface area (Å²) in [5.74, 6) is 3.37.